The summed E-state index contributed by atoms with van der Waals surface area (Å²) in [5, 5.41) is 0. The van der Waals surface area contributed by atoms with Crippen molar-refractivity contribution in [2.24, 2.45) is 0 Å². The zero-order chi connectivity index (χ0) is 6.69. The van der Waals surface area contributed by atoms with Crippen molar-refractivity contribution in [3.05, 3.63) is 35.6 Å². The van der Waals surface area contributed by atoms with Crippen LogP contribution in [-0.2, 0) is 37.5 Å². The number of halogens is 1. The van der Waals surface area contributed by atoms with Crippen LogP contribution in [0.2, 0.25) is 0 Å². The SMILES string of the molecule is O=[C-]c1ccc(F)cc1.[Y]. The van der Waals surface area contributed by atoms with E-state index in [0.717, 1.165) is 0 Å². The topological polar surface area (TPSA) is 17.1 Å². The number of benzene rings is 1. The van der Waals surface area contributed by atoms with E-state index in [1.165, 1.54) is 24.3 Å². The molecule has 1 aromatic rings. The molecular weight excluding hydrogens is 208 g/mol. The summed E-state index contributed by atoms with van der Waals surface area (Å²) in [5.74, 6) is -0.339. The van der Waals surface area contributed by atoms with E-state index in [-0.39, 0.29) is 38.5 Å². The van der Waals surface area contributed by atoms with Crippen LogP contribution in [0.25, 0.3) is 0 Å². The van der Waals surface area contributed by atoms with Crippen molar-refractivity contribution >= 4 is 6.29 Å². The second kappa shape index (κ2) is 4.70. The number of hydrogen-bond acceptors (Lipinski definition) is 1. The molecule has 0 aliphatic rings. The average Bonchev–Trinajstić information content (AvgIpc) is 1.90. The zero-order valence-electron chi connectivity index (χ0n) is 5.17. The predicted octanol–water partition coefficient (Wildman–Crippen LogP) is 1.28. The van der Waals surface area contributed by atoms with Crippen LogP contribution < -0.4 is 0 Å². The van der Waals surface area contributed by atoms with E-state index in [9.17, 15) is 9.18 Å². The third-order valence-electron chi connectivity index (χ3n) is 0.962. The maximum atomic E-state index is 12.1. The Morgan fingerprint density at radius 2 is 1.70 bits per heavy atom. The molecule has 0 heterocycles. The van der Waals surface area contributed by atoms with E-state index in [2.05, 4.69) is 0 Å². The standard InChI is InChI=1S/C7H4FO.Y/c8-7-3-1-6(5-9)2-4-7;/h1-4H;/q-1;. The quantitative estimate of drug-likeness (QED) is 0.641. The third-order valence-corrected chi connectivity index (χ3v) is 0.962. The molecule has 1 radical (unpaired) electrons. The van der Waals surface area contributed by atoms with E-state index in [1.807, 2.05) is 0 Å². The summed E-state index contributed by atoms with van der Waals surface area (Å²) in [4.78, 5) is 9.87. The summed E-state index contributed by atoms with van der Waals surface area (Å²) in [6.45, 7) is 0. The van der Waals surface area contributed by atoms with Gasteiger partial charge in [0.05, 0.1) is 12.1 Å². The molecule has 10 heavy (non-hydrogen) atoms. The van der Waals surface area contributed by atoms with Crippen molar-refractivity contribution in [2.75, 3.05) is 0 Å². The second-order valence-corrected chi connectivity index (χ2v) is 1.61. The van der Waals surface area contributed by atoms with Gasteiger partial charge in [0, 0.05) is 32.7 Å². The van der Waals surface area contributed by atoms with Crippen LogP contribution in [0.15, 0.2) is 24.3 Å². The second-order valence-electron chi connectivity index (χ2n) is 1.61. The van der Waals surface area contributed by atoms with Crippen molar-refractivity contribution in [1.82, 2.24) is 0 Å². The summed E-state index contributed by atoms with van der Waals surface area (Å²) < 4.78 is 12.1. The molecule has 0 saturated heterocycles. The van der Waals surface area contributed by atoms with Crippen molar-refractivity contribution in [3.63, 3.8) is 0 Å². The molecule has 0 aliphatic carbocycles. The Bertz CT molecular complexity index is 207. The zero-order valence-corrected chi connectivity index (χ0v) is 8.01. The van der Waals surface area contributed by atoms with Crippen LogP contribution in [0.1, 0.15) is 5.56 Å². The van der Waals surface area contributed by atoms with E-state index in [1.54, 1.807) is 6.29 Å². The summed E-state index contributed by atoms with van der Waals surface area (Å²) in [5.41, 5.74) is 0.372. The third kappa shape index (κ3) is 2.67. The fraction of sp³-hybridized carbons (Fsp3) is 0. The molecular formula is C7H4FOY-. The van der Waals surface area contributed by atoms with Gasteiger partial charge in [-0.05, 0) is 0 Å². The number of hydrogen-bond donors (Lipinski definition) is 0. The Kier molecular flexibility index (Phi) is 4.66. The Morgan fingerprint density at radius 3 is 2.10 bits per heavy atom. The summed E-state index contributed by atoms with van der Waals surface area (Å²) in [6.07, 6.45) is 1.64. The van der Waals surface area contributed by atoms with Crippen LogP contribution in [-0.4, -0.2) is 6.29 Å². The van der Waals surface area contributed by atoms with Gasteiger partial charge in [0.15, 0.2) is 0 Å². The predicted molar refractivity (Wildman–Crippen MR) is 31.2 cm³/mol. The summed E-state index contributed by atoms with van der Waals surface area (Å²) in [6, 6.07) is 5.20. The molecule has 0 unspecified atom stereocenters. The Hall–Kier alpha value is -0.0761. The van der Waals surface area contributed by atoms with Crippen molar-refractivity contribution in [2.45, 2.75) is 0 Å². The molecule has 0 atom stereocenters. The van der Waals surface area contributed by atoms with Crippen LogP contribution in [0.5, 0.6) is 0 Å². The maximum Gasteiger partial charge on any atom is 0.0987 e. The van der Waals surface area contributed by atoms with Gasteiger partial charge in [0.25, 0.3) is 0 Å². The first-order valence-corrected chi connectivity index (χ1v) is 2.46. The summed E-state index contributed by atoms with van der Waals surface area (Å²) in [7, 11) is 0. The minimum Gasteiger partial charge on any atom is -0.376 e. The monoisotopic (exact) mass is 212 g/mol. The first-order chi connectivity index (χ1) is 4.33. The van der Waals surface area contributed by atoms with E-state index in [4.69, 9.17) is 0 Å². The molecule has 0 saturated carbocycles. The van der Waals surface area contributed by atoms with Gasteiger partial charge >= 0.3 is 0 Å². The molecule has 0 N–H and O–H groups in total. The summed E-state index contributed by atoms with van der Waals surface area (Å²) >= 11 is 0. The Morgan fingerprint density at radius 1 is 1.20 bits per heavy atom. The van der Waals surface area contributed by atoms with Crippen LogP contribution in [0, 0.1) is 5.82 Å². The van der Waals surface area contributed by atoms with E-state index in [0.29, 0.717) is 5.56 Å². The van der Waals surface area contributed by atoms with Gasteiger partial charge in [0.2, 0.25) is 0 Å². The van der Waals surface area contributed by atoms with E-state index < -0.39 is 0 Å². The molecule has 49 valence electrons. The Labute approximate surface area is 83.5 Å². The van der Waals surface area contributed by atoms with Gasteiger partial charge < -0.3 is 4.79 Å². The molecule has 1 nitrogen and oxygen atoms in total. The van der Waals surface area contributed by atoms with Crippen molar-refractivity contribution in [3.8, 4) is 0 Å². The Balaban J connectivity index is 0.000000810. The number of carbonyl (C=O) groups excluding carboxylic acids is 1. The normalized spacial score (nSPS) is 8.10. The molecule has 0 fully saturated rings. The van der Waals surface area contributed by atoms with Gasteiger partial charge in [-0.1, -0.05) is 12.1 Å². The maximum absolute atomic E-state index is 12.1. The first-order valence-electron chi connectivity index (χ1n) is 2.46. The minimum atomic E-state index is -0.339. The molecule has 0 aliphatic heterocycles. The molecule has 3 heteroatoms. The minimum absolute atomic E-state index is 0. The molecule has 0 spiro atoms. The van der Waals surface area contributed by atoms with Gasteiger partial charge in [-0.15, -0.1) is 0 Å². The fourth-order valence-electron chi connectivity index (χ4n) is 0.518. The largest absolute Gasteiger partial charge is 0.376 e. The molecule has 0 bridgehead atoms. The molecule has 0 aromatic heterocycles. The smallest absolute Gasteiger partial charge is 0.0987 e. The molecule has 1 rings (SSSR count). The van der Waals surface area contributed by atoms with E-state index >= 15 is 0 Å². The van der Waals surface area contributed by atoms with Gasteiger partial charge in [-0.25, -0.2) is 4.39 Å². The first kappa shape index (κ1) is 9.92. The van der Waals surface area contributed by atoms with Crippen molar-refractivity contribution in [1.29, 1.82) is 0 Å². The van der Waals surface area contributed by atoms with Crippen LogP contribution in [0.4, 0.5) is 4.39 Å². The average molecular weight is 212 g/mol. The molecule has 0 amide bonds. The number of rotatable bonds is 1. The van der Waals surface area contributed by atoms with Crippen LogP contribution >= 0.6 is 0 Å². The van der Waals surface area contributed by atoms with Crippen LogP contribution in [0.3, 0.4) is 0 Å². The molecule has 1 aromatic carbocycles. The fourth-order valence-corrected chi connectivity index (χ4v) is 0.518. The van der Waals surface area contributed by atoms with Gasteiger partial charge in [-0.2, -0.15) is 17.7 Å². The van der Waals surface area contributed by atoms with Crippen molar-refractivity contribution < 1.29 is 41.9 Å². The van der Waals surface area contributed by atoms with Gasteiger partial charge in [-0.3, -0.25) is 0 Å². The van der Waals surface area contributed by atoms with Gasteiger partial charge in [0.1, 0.15) is 0 Å².